The maximum Gasteiger partial charge on any atom is 0.0208 e. The summed E-state index contributed by atoms with van der Waals surface area (Å²) in [7, 11) is 0. The second-order valence-corrected chi connectivity index (χ2v) is 4.11. The number of fused-ring (bicyclic) bond motifs is 1. The Kier molecular flexibility index (Phi) is 2.36. The number of rotatable bonds is 1. The molecule has 1 heterocycles. The third kappa shape index (κ3) is 1.75. The molecule has 0 fully saturated rings. The molecule has 0 atom stereocenters. The highest BCUT2D eigenvalue weighted by Gasteiger charge is 2.09. The van der Waals surface area contributed by atoms with E-state index in [-0.39, 0.29) is 0 Å². The zero-order valence-corrected chi connectivity index (χ0v) is 8.43. The normalized spacial score (nSPS) is 15.9. The van der Waals surface area contributed by atoms with Crippen molar-refractivity contribution in [3.63, 3.8) is 0 Å². The van der Waals surface area contributed by atoms with Crippen molar-refractivity contribution in [3.05, 3.63) is 34.9 Å². The van der Waals surface area contributed by atoms with Crippen LogP contribution in [0.25, 0.3) is 0 Å². The third-order valence-corrected chi connectivity index (χ3v) is 2.78. The minimum absolute atomic E-state index is 0.653. The monoisotopic (exact) mass is 175 g/mol. The number of hydrogen-bond acceptors (Lipinski definition) is 1. The molecule has 70 valence electrons. The third-order valence-electron chi connectivity index (χ3n) is 2.78. The van der Waals surface area contributed by atoms with Gasteiger partial charge in [0.1, 0.15) is 0 Å². The minimum Gasteiger partial charge on any atom is -0.312 e. The van der Waals surface area contributed by atoms with E-state index < -0.39 is 0 Å². The molecule has 1 nitrogen and oxygen atoms in total. The van der Waals surface area contributed by atoms with Crippen LogP contribution in [0, 0.1) is 0 Å². The second kappa shape index (κ2) is 3.51. The predicted molar refractivity (Wildman–Crippen MR) is 55.9 cm³/mol. The average molecular weight is 175 g/mol. The van der Waals surface area contributed by atoms with Crippen molar-refractivity contribution in [3.8, 4) is 0 Å². The van der Waals surface area contributed by atoms with Crippen LogP contribution < -0.4 is 5.32 Å². The van der Waals surface area contributed by atoms with Gasteiger partial charge in [-0.25, -0.2) is 0 Å². The molecule has 1 N–H and O–H groups in total. The van der Waals surface area contributed by atoms with Crippen molar-refractivity contribution in [2.45, 2.75) is 32.7 Å². The van der Waals surface area contributed by atoms with E-state index in [1.54, 1.807) is 5.56 Å². The molecular weight excluding hydrogens is 158 g/mol. The van der Waals surface area contributed by atoms with E-state index in [1.165, 1.54) is 17.5 Å². The SMILES string of the molecule is CC(C)c1ccc2c(c1)CCNC2. The first-order chi connectivity index (χ1) is 6.27. The highest BCUT2D eigenvalue weighted by Crippen LogP contribution is 2.20. The number of benzene rings is 1. The van der Waals surface area contributed by atoms with E-state index >= 15 is 0 Å². The summed E-state index contributed by atoms with van der Waals surface area (Å²) in [5.41, 5.74) is 4.50. The Morgan fingerprint density at radius 3 is 2.85 bits per heavy atom. The van der Waals surface area contributed by atoms with Crippen LogP contribution >= 0.6 is 0 Å². The highest BCUT2D eigenvalue weighted by atomic mass is 14.9. The Hall–Kier alpha value is -0.820. The smallest absolute Gasteiger partial charge is 0.0208 e. The van der Waals surface area contributed by atoms with Crippen LogP contribution in [0.3, 0.4) is 0 Å². The van der Waals surface area contributed by atoms with Gasteiger partial charge in [-0.2, -0.15) is 0 Å². The molecule has 13 heavy (non-hydrogen) atoms. The van der Waals surface area contributed by atoms with E-state index in [2.05, 4.69) is 37.4 Å². The van der Waals surface area contributed by atoms with Gasteiger partial charge in [-0.05, 0) is 35.6 Å². The molecule has 1 aromatic rings. The van der Waals surface area contributed by atoms with E-state index in [0.29, 0.717) is 5.92 Å². The van der Waals surface area contributed by atoms with E-state index in [1.807, 2.05) is 0 Å². The molecule has 0 aliphatic carbocycles. The summed E-state index contributed by atoms with van der Waals surface area (Å²) >= 11 is 0. The van der Waals surface area contributed by atoms with Gasteiger partial charge < -0.3 is 5.32 Å². The zero-order valence-electron chi connectivity index (χ0n) is 8.43. The fourth-order valence-corrected chi connectivity index (χ4v) is 1.86. The molecule has 1 aliphatic heterocycles. The molecule has 0 saturated carbocycles. The molecular formula is C12H17N. The Morgan fingerprint density at radius 2 is 2.08 bits per heavy atom. The van der Waals surface area contributed by atoms with Gasteiger partial charge in [0.15, 0.2) is 0 Å². The molecule has 0 amide bonds. The van der Waals surface area contributed by atoms with E-state index in [9.17, 15) is 0 Å². The first-order valence-electron chi connectivity index (χ1n) is 5.10. The first kappa shape index (κ1) is 8.76. The van der Waals surface area contributed by atoms with Crippen molar-refractivity contribution >= 4 is 0 Å². The largest absolute Gasteiger partial charge is 0.312 e. The van der Waals surface area contributed by atoms with E-state index in [4.69, 9.17) is 0 Å². The van der Waals surface area contributed by atoms with Crippen LogP contribution in [0.2, 0.25) is 0 Å². The second-order valence-electron chi connectivity index (χ2n) is 4.11. The summed E-state index contributed by atoms with van der Waals surface area (Å²) in [5, 5.41) is 3.39. The molecule has 2 rings (SSSR count). The first-order valence-corrected chi connectivity index (χ1v) is 5.10. The average Bonchev–Trinajstić information content (AvgIpc) is 2.17. The van der Waals surface area contributed by atoms with Gasteiger partial charge in [0.05, 0.1) is 0 Å². The van der Waals surface area contributed by atoms with Crippen LogP contribution in [-0.4, -0.2) is 6.54 Å². The zero-order chi connectivity index (χ0) is 9.26. The van der Waals surface area contributed by atoms with E-state index in [0.717, 1.165) is 13.1 Å². The van der Waals surface area contributed by atoms with Crippen molar-refractivity contribution in [1.82, 2.24) is 5.32 Å². The van der Waals surface area contributed by atoms with Crippen molar-refractivity contribution in [1.29, 1.82) is 0 Å². The van der Waals surface area contributed by atoms with Crippen molar-refractivity contribution in [2.24, 2.45) is 0 Å². The minimum atomic E-state index is 0.653. The van der Waals surface area contributed by atoms with Crippen LogP contribution in [0.5, 0.6) is 0 Å². The van der Waals surface area contributed by atoms with Gasteiger partial charge in [-0.15, -0.1) is 0 Å². The van der Waals surface area contributed by atoms with Gasteiger partial charge >= 0.3 is 0 Å². The number of nitrogens with one attached hydrogen (secondary N) is 1. The lowest BCUT2D eigenvalue weighted by atomic mass is 9.94. The lowest BCUT2D eigenvalue weighted by Crippen LogP contribution is -2.23. The Morgan fingerprint density at radius 1 is 1.23 bits per heavy atom. The summed E-state index contributed by atoms with van der Waals surface area (Å²) in [5.74, 6) is 0.653. The Balaban J connectivity index is 2.35. The lowest BCUT2D eigenvalue weighted by molar-refractivity contribution is 0.642. The topological polar surface area (TPSA) is 12.0 Å². The maximum absolute atomic E-state index is 3.39. The fraction of sp³-hybridized carbons (Fsp3) is 0.500. The van der Waals surface area contributed by atoms with Gasteiger partial charge in [0.25, 0.3) is 0 Å². The van der Waals surface area contributed by atoms with Gasteiger partial charge in [0, 0.05) is 6.54 Å². The summed E-state index contributed by atoms with van der Waals surface area (Å²) in [6, 6.07) is 6.91. The fourth-order valence-electron chi connectivity index (χ4n) is 1.86. The molecule has 1 aromatic carbocycles. The molecule has 0 bridgehead atoms. The van der Waals surface area contributed by atoms with Crippen molar-refractivity contribution < 1.29 is 0 Å². The van der Waals surface area contributed by atoms with Crippen LogP contribution in [0.15, 0.2) is 18.2 Å². The Bertz CT molecular complexity index is 302. The molecule has 0 spiro atoms. The standard InChI is InChI=1S/C12H17N/c1-9(2)10-3-4-12-8-13-6-5-11(12)7-10/h3-4,7,9,13H,5-6,8H2,1-2H3. The molecule has 0 radical (unpaired) electrons. The summed E-state index contributed by atoms with van der Waals surface area (Å²) in [6.45, 7) is 6.69. The quantitative estimate of drug-likeness (QED) is 0.691. The molecule has 0 unspecified atom stereocenters. The summed E-state index contributed by atoms with van der Waals surface area (Å²) < 4.78 is 0. The molecule has 0 aromatic heterocycles. The molecule has 1 aliphatic rings. The van der Waals surface area contributed by atoms with Crippen LogP contribution in [0.4, 0.5) is 0 Å². The maximum atomic E-state index is 3.39. The van der Waals surface area contributed by atoms with Crippen LogP contribution in [-0.2, 0) is 13.0 Å². The molecule has 1 heteroatoms. The summed E-state index contributed by atoms with van der Waals surface area (Å²) in [4.78, 5) is 0. The van der Waals surface area contributed by atoms with Gasteiger partial charge in [0.2, 0.25) is 0 Å². The Labute approximate surface area is 80.2 Å². The van der Waals surface area contributed by atoms with Gasteiger partial charge in [-0.1, -0.05) is 32.0 Å². The predicted octanol–water partition coefficient (Wildman–Crippen LogP) is 2.46. The molecule has 0 saturated heterocycles. The summed E-state index contributed by atoms with van der Waals surface area (Å²) in [6.07, 6.45) is 1.19. The van der Waals surface area contributed by atoms with Crippen molar-refractivity contribution in [2.75, 3.05) is 6.54 Å². The lowest BCUT2D eigenvalue weighted by Gasteiger charge is -2.18. The van der Waals surface area contributed by atoms with Gasteiger partial charge in [-0.3, -0.25) is 0 Å². The number of hydrogen-bond donors (Lipinski definition) is 1. The van der Waals surface area contributed by atoms with Crippen LogP contribution in [0.1, 0.15) is 36.5 Å². The highest BCUT2D eigenvalue weighted by molar-refractivity contribution is 5.34.